The van der Waals surface area contributed by atoms with E-state index in [0.717, 1.165) is 11.9 Å². The number of fused-ring (bicyclic) bond motifs is 2. The van der Waals surface area contributed by atoms with Crippen molar-refractivity contribution in [3.63, 3.8) is 0 Å². The van der Waals surface area contributed by atoms with Gasteiger partial charge in [-0.15, -0.1) is 0 Å². The van der Waals surface area contributed by atoms with E-state index in [1.807, 2.05) is 30.2 Å². The lowest BCUT2D eigenvalue weighted by atomic mass is 9.78. The molecule has 1 N–H and O–H groups in total. The van der Waals surface area contributed by atoms with Gasteiger partial charge >= 0.3 is 5.97 Å². The van der Waals surface area contributed by atoms with Crippen LogP contribution in [0.15, 0.2) is 30.5 Å². The smallest absolute Gasteiger partial charge is 0.306 e. The Morgan fingerprint density at radius 1 is 1.25 bits per heavy atom. The zero-order valence-electron chi connectivity index (χ0n) is 13.8. The molecule has 1 amide bonds. The number of carbonyl (C=O) groups is 2. The summed E-state index contributed by atoms with van der Waals surface area (Å²) in [6.45, 7) is 3.35. The van der Waals surface area contributed by atoms with E-state index >= 15 is 0 Å². The molecule has 1 aromatic carbocycles. The molecule has 0 unspecified atom stereocenters. The summed E-state index contributed by atoms with van der Waals surface area (Å²) in [4.78, 5) is 29.2. The van der Waals surface area contributed by atoms with Crippen molar-refractivity contribution in [1.82, 2.24) is 9.88 Å². The minimum absolute atomic E-state index is 0.0973. The summed E-state index contributed by atoms with van der Waals surface area (Å²) in [6, 6.07) is 8.22. The molecule has 2 aromatic rings. The van der Waals surface area contributed by atoms with Crippen molar-refractivity contribution in [2.45, 2.75) is 32.3 Å². The van der Waals surface area contributed by atoms with Gasteiger partial charge in [-0.1, -0.05) is 18.2 Å². The number of rotatable bonds is 3. The molecule has 4 rings (SSSR count). The molecular formula is C19H22N2O3. The molecule has 0 radical (unpaired) electrons. The van der Waals surface area contributed by atoms with Crippen molar-refractivity contribution in [2.24, 2.45) is 11.8 Å². The van der Waals surface area contributed by atoms with E-state index < -0.39 is 0 Å². The topological polar surface area (TPSA) is 62.4 Å². The van der Waals surface area contributed by atoms with Crippen LogP contribution in [-0.2, 0) is 20.7 Å². The van der Waals surface area contributed by atoms with Crippen LogP contribution < -0.4 is 0 Å². The number of likely N-dealkylation sites (tertiary alicyclic amines) is 1. The fourth-order valence-corrected chi connectivity index (χ4v) is 4.13. The van der Waals surface area contributed by atoms with Crippen LogP contribution in [0.1, 0.15) is 25.3 Å². The second-order valence-electron chi connectivity index (χ2n) is 6.98. The fraction of sp³-hybridized carbons (Fsp3) is 0.474. The van der Waals surface area contributed by atoms with Crippen molar-refractivity contribution in [1.29, 1.82) is 0 Å². The van der Waals surface area contributed by atoms with Crippen LogP contribution in [0.3, 0.4) is 0 Å². The number of esters is 1. The second-order valence-corrected chi connectivity index (χ2v) is 6.98. The van der Waals surface area contributed by atoms with E-state index in [4.69, 9.17) is 4.74 Å². The molecule has 5 nitrogen and oxygen atoms in total. The van der Waals surface area contributed by atoms with Crippen LogP contribution in [0.4, 0.5) is 0 Å². The maximum Gasteiger partial charge on any atom is 0.306 e. The highest BCUT2D eigenvalue weighted by Crippen LogP contribution is 2.35. The molecule has 2 fully saturated rings. The number of benzene rings is 1. The molecule has 0 spiro atoms. The largest absolute Gasteiger partial charge is 0.462 e. The van der Waals surface area contributed by atoms with Crippen molar-refractivity contribution < 1.29 is 14.3 Å². The Morgan fingerprint density at radius 3 is 2.96 bits per heavy atom. The minimum atomic E-state index is -0.163. The van der Waals surface area contributed by atoms with Gasteiger partial charge in [-0.3, -0.25) is 9.59 Å². The molecular weight excluding hydrogens is 304 g/mol. The number of aromatic amines is 1. The van der Waals surface area contributed by atoms with Gasteiger partial charge in [-0.05, 0) is 30.9 Å². The predicted molar refractivity (Wildman–Crippen MR) is 90.4 cm³/mol. The number of hydrogen-bond donors (Lipinski definition) is 1. The molecule has 3 heterocycles. The minimum Gasteiger partial charge on any atom is -0.462 e. The van der Waals surface area contributed by atoms with Crippen LogP contribution in [0.25, 0.3) is 10.9 Å². The molecule has 3 atom stereocenters. The monoisotopic (exact) mass is 326 g/mol. The Hall–Kier alpha value is -2.30. The Morgan fingerprint density at radius 2 is 2.08 bits per heavy atom. The van der Waals surface area contributed by atoms with E-state index in [1.54, 1.807) is 0 Å². The summed E-state index contributed by atoms with van der Waals surface area (Å²) in [5.74, 6) is 0.420. The maximum absolute atomic E-state index is 12.5. The summed E-state index contributed by atoms with van der Waals surface area (Å²) in [7, 11) is 0. The summed E-state index contributed by atoms with van der Waals surface area (Å²) in [5, 5.41) is 1.22. The summed E-state index contributed by atoms with van der Waals surface area (Å²) in [5.41, 5.74) is 2.37. The third-order valence-corrected chi connectivity index (χ3v) is 5.50. The van der Waals surface area contributed by atoms with Gasteiger partial charge in [0.25, 0.3) is 0 Å². The zero-order valence-corrected chi connectivity index (χ0v) is 13.8. The van der Waals surface area contributed by atoms with Gasteiger partial charge in [-0.25, -0.2) is 0 Å². The molecule has 1 aromatic heterocycles. The number of ether oxygens (including phenoxy) is 1. The molecule has 5 heteroatoms. The van der Waals surface area contributed by atoms with Gasteiger partial charge in [-0.2, -0.15) is 0 Å². The number of nitrogens with zero attached hydrogens (tertiary/aromatic N) is 1. The summed E-state index contributed by atoms with van der Waals surface area (Å²) < 4.78 is 5.37. The normalized spacial score (nSPS) is 27.2. The maximum atomic E-state index is 12.5. The molecule has 2 aliphatic rings. The van der Waals surface area contributed by atoms with Crippen LogP contribution in [0, 0.1) is 11.8 Å². The van der Waals surface area contributed by atoms with Gasteiger partial charge in [0.1, 0.15) is 6.10 Å². The highest BCUT2D eigenvalue weighted by Gasteiger charge is 2.42. The molecule has 126 valence electrons. The highest BCUT2D eigenvalue weighted by atomic mass is 16.5. The van der Waals surface area contributed by atoms with E-state index in [2.05, 4.69) is 17.1 Å². The quantitative estimate of drug-likeness (QED) is 0.882. The van der Waals surface area contributed by atoms with Crippen LogP contribution in [0.2, 0.25) is 0 Å². The summed E-state index contributed by atoms with van der Waals surface area (Å²) >= 11 is 0. The first-order valence-corrected chi connectivity index (χ1v) is 8.64. The zero-order chi connectivity index (χ0) is 16.7. The lowest BCUT2D eigenvalue weighted by molar-refractivity contribution is -0.168. The van der Waals surface area contributed by atoms with E-state index in [0.29, 0.717) is 25.9 Å². The number of hydrogen-bond acceptors (Lipinski definition) is 3. The second kappa shape index (κ2) is 5.96. The number of para-hydroxylation sites is 1. The molecule has 2 saturated heterocycles. The molecule has 0 bridgehead atoms. The van der Waals surface area contributed by atoms with Crippen LogP contribution in [0.5, 0.6) is 0 Å². The lowest BCUT2D eigenvalue weighted by Gasteiger charge is -2.43. The fourth-order valence-electron chi connectivity index (χ4n) is 4.13. The van der Waals surface area contributed by atoms with E-state index in [1.165, 1.54) is 10.9 Å². The Labute approximate surface area is 141 Å². The van der Waals surface area contributed by atoms with Gasteiger partial charge in [0.05, 0.1) is 0 Å². The van der Waals surface area contributed by atoms with E-state index in [9.17, 15) is 9.59 Å². The molecule has 0 saturated carbocycles. The first-order chi connectivity index (χ1) is 11.6. The van der Waals surface area contributed by atoms with Crippen molar-refractivity contribution in [3.8, 4) is 0 Å². The third-order valence-electron chi connectivity index (χ3n) is 5.50. The Bertz CT molecular complexity index is 782. The van der Waals surface area contributed by atoms with Crippen LogP contribution in [-0.4, -0.2) is 41.0 Å². The third kappa shape index (κ3) is 2.68. The van der Waals surface area contributed by atoms with Crippen molar-refractivity contribution >= 4 is 22.8 Å². The average Bonchev–Trinajstić information content (AvgIpc) is 2.96. The van der Waals surface area contributed by atoms with Crippen molar-refractivity contribution in [2.75, 3.05) is 13.1 Å². The van der Waals surface area contributed by atoms with E-state index in [-0.39, 0.29) is 29.8 Å². The number of amides is 1. The first kappa shape index (κ1) is 15.2. The Balaban J connectivity index is 1.45. The SMILES string of the molecule is C[C@H]1OC(=O)C[C@H]2CC(=O)N(CCc3c[nH]c4ccccc34)C[C@@H]21. The number of piperidine rings is 1. The van der Waals surface area contributed by atoms with Gasteiger partial charge in [0.15, 0.2) is 0 Å². The standard InChI is InChI=1S/C19H22N2O3/c1-12-16-11-21(18(22)8-14(16)9-19(23)24-12)7-6-13-10-20-17-5-3-2-4-15(13)17/h2-5,10,12,14,16,20H,6-9,11H2,1H3/t12-,14-,16-/m1/s1. The lowest BCUT2D eigenvalue weighted by Crippen LogP contribution is -2.52. The van der Waals surface area contributed by atoms with Gasteiger partial charge in [0.2, 0.25) is 5.91 Å². The highest BCUT2D eigenvalue weighted by molar-refractivity contribution is 5.83. The predicted octanol–water partition coefficient (Wildman–Crippen LogP) is 2.51. The molecule has 24 heavy (non-hydrogen) atoms. The van der Waals surface area contributed by atoms with Crippen molar-refractivity contribution in [3.05, 3.63) is 36.0 Å². The number of cyclic esters (lactones) is 1. The van der Waals surface area contributed by atoms with Crippen LogP contribution >= 0.6 is 0 Å². The average molecular weight is 326 g/mol. The summed E-state index contributed by atoms with van der Waals surface area (Å²) in [6.07, 6.45) is 3.63. The molecule has 0 aliphatic carbocycles. The van der Waals surface area contributed by atoms with Gasteiger partial charge in [0, 0.05) is 48.9 Å². The first-order valence-electron chi connectivity index (χ1n) is 8.64. The number of nitrogens with one attached hydrogen (secondary N) is 1. The number of aromatic nitrogens is 1. The number of carbonyl (C=O) groups excluding carboxylic acids is 2. The Kier molecular flexibility index (Phi) is 3.79. The van der Waals surface area contributed by atoms with Gasteiger partial charge < -0.3 is 14.6 Å². The molecule has 2 aliphatic heterocycles. The number of H-pyrrole nitrogens is 1.